The Kier molecular flexibility index (Phi) is 11.5. The van der Waals surface area contributed by atoms with E-state index in [4.69, 9.17) is 4.74 Å². The Balaban J connectivity index is 3.37. The molecule has 0 radical (unpaired) electrons. The summed E-state index contributed by atoms with van der Waals surface area (Å²) in [6, 6.07) is 0. The minimum absolute atomic E-state index is 0.448. The van der Waals surface area contributed by atoms with E-state index in [1.807, 2.05) is 0 Å². The number of carbonyl (C=O) groups excluding carboxylic acids is 1. The summed E-state index contributed by atoms with van der Waals surface area (Å²) in [5, 5.41) is 9.51. The SMILES string of the molecule is CCCCCCCOC(=O)C(O)CCCCC. The molecule has 0 heterocycles. The smallest absolute Gasteiger partial charge is 0.334 e. The molecule has 0 aromatic rings. The maximum absolute atomic E-state index is 11.4. The number of hydrogen-bond donors (Lipinski definition) is 1. The molecule has 0 aliphatic heterocycles. The maximum Gasteiger partial charge on any atom is 0.334 e. The van der Waals surface area contributed by atoms with Crippen LogP contribution in [0, 0.1) is 0 Å². The van der Waals surface area contributed by atoms with Gasteiger partial charge >= 0.3 is 5.97 Å². The molecule has 102 valence electrons. The quantitative estimate of drug-likeness (QED) is 0.447. The molecule has 0 aromatic carbocycles. The molecular formula is C14H28O3. The minimum Gasteiger partial charge on any atom is -0.464 e. The molecule has 3 nitrogen and oxygen atoms in total. The fraction of sp³-hybridized carbons (Fsp3) is 0.929. The van der Waals surface area contributed by atoms with Crippen molar-refractivity contribution >= 4 is 5.97 Å². The van der Waals surface area contributed by atoms with Gasteiger partial charge in [-0.25, -0.2) is 4.79 Å². The van der Waals surface area contributed by atoms with E-state index < -0.39 is 12.1 Å². The molecule has 0 bridgehead atoms. The Morgan fingerprint density at radius 2 is 1.59 bits per heavy atom. The molecule has 0 fully saturated rings. The first kappa shape index (κ1) is 16.4. The monoisotopic (exact) mass is 244 g/mol. The molecule has 1 atom stereocenters. The molecule has 3 heteroatoms. The Bertz CT molecular complexity index is 180. The normalized spacial score (nSPS) is 12.4. The second-order valence-corrected chi connectivity index (χ2v) is 4.59. The highest BCUT2D eigenvalue weighted by Crippen LogP contribution is 2.06. The van der Waals surface area contributed by atoms with E-state index in [9.17, 15) is 9.90 Å². The predicted molar refractivity (Wildman–Crippen MR) is 69.9 cm³/mol. The second kappa shape index (κ2) is 11.9. The van der Waals surface area contributed by atoms with Crippen LogP contribution in [0.3, 0.4) is 0 Å². The number of unbranched alkanes of at least 4 members (excludes halogenated alkanes) is 6. The summed E-state index contributed by atoms with van der Waals surface area (Å²) in [5.74, 6) is -0.448. The highest BCUT2D eigenvalue weighted by Gasteiger charge is 2.15. The van der Waals surface area contributed by atoms with Gasteiger partial charge in [-0.2, -0.15) is 0 Å². The third-order valence-corrected chi connectivity index (χ3v) is 2.85. The summed E-state index contributed by atoms with van der Waals surface area (Å²) >= 11 is 0. The molecule has 0 amide bonds. The lowest BCUT2D eigenvalue weighted by atomic mass is 10.1. The summed E-state index contributed by atoms with van der Waals surface area (Å²) in [4.78, 5) is 11.4. The van der Waals surface area contributed by atoms with Gasteiger partial charge in [0.05, 0.1) is 6.61 Å². The van der Waals surface area contributed by atoms with Gasteiger partial charge in [0.15, 0.2) is 6.10 Å². The molecule has 0 aliphatic rings. The highest BCUT2D eigenvalue weighted by atomic mass is 16.5. The topological polar surface area (TPSA) is 46.5 Å². The van der Waals surface area contributed by atoms with Crippen molar-refractivity contribution in [3.8, 4) is 0 Å². The molecule has 1 N–H and O–H groups in total. The zero-order chi connectivity index (χ0) is 12.9. The summed E-state index contributed by atoms with van der Waals surface area (Å²) in [6.45, 7) is 4.72. The van der Waals surface area contributed by atoms with E-state index in [-0.39, 0.29) is 0 Å². The van der Waals surface area contributed by atoms with Crippen LogP contribution in [0.5, 0.6) is 0 Å². The zero-order valence-electron chi connectivity index (χ0n) is 11.4. The summed E-state index contributed by atoms with van der Waals surface area (Å²) in [6.07, 6.45) is 8.33. The third-order valence-electron chi connectivity index (χ3n) is 2.85. The molecule has 1 unspecified atom stereocenters. The first-order valence-electron chi connectivity index (χ1n) is 7.07. The van der Waals surface area contributed by atoms with Gasteiger partial charge in [-0.15, -0.1) is 0 Å². The fourth-order valence-corrected chi connectivity index (χ4v) is 1.68. The number of esters is 1. The van der Waals surface area contributed by atoms with Crippen molar-refractivity contribution in [1.82, 2.24) is 0 Å². The molecular weight excluding hydrogens is 216 g/mol. The van der Waals surface area contributed by atoms with Crippen molar-refractivity contribution in [3.05, 3.63) is 0 Å². The van der Waals surface area contributed by atoms with Gasteiger partial charge in [0, 0.05) is 0 Å². The lowest BCUT2D eigenvalue weighted by Gasteiger charge is -2.10. The number of aliphatic hydroxyl groups is 1. The van der Waals surface area contributed by atoms with E-state index in [1.54, 1.807) is 0 Å². The molecule has 17 heavy (non-hydrogen) atoms. The summed E-state index contributed by atoms with van der Waals surface area (Å²) < 4.78 is 5.03. The standard InChI is InChI=1S/C14H28O3/c1-3-5-7-8-10-12-17-14(16)13(15)11-9-6-4-2/h13,15H,3-12H2,1-2H3. The zero-order valence-corrected chi connectivity index (χ0v) is 11.4. The Labute approximate surface area is 106 Å². The average Bonchev–Trinajstić information content (AvgIpc) is 2.33. The number of rotatable bonds is 11. The van der Waals surface area contributed by atoms with Crippen LogP contribution in [0.1, 0.15) is 71.6 Å². The number of ether oxygens (including phenoxy) is 1. The molecule has 0 spiro atoms. The highest BCUT2D eigenvalue weighted by molar-refractivity contribution is 5.74. The van der Waals surface area contributed by atoms with Crippen LogP contribution in [0.25, 0.3) is 0 Å². The van der Waals surface area contributed by atoms with E-state index in [0.29, 0.717) is 13.0 Å². The molecule has 0 rings (SSSR count). The lowest BCUT2D eigenvalue weighted by Crippen LogP contribution is -2.23. The van der Waals surface area contributed by atoms with E-state index >= 15 is 0 Å². The van der Waals surface area contributed by atoms with E-state index in [0.717, 1.165) is 32.1 Å². The van der Waals surface area contributed by atoms with E-state index in [1.165, 1.54) is 19.3 Å². The molecule has 0 aliphatic carbocycles. The van der Waals surface area contributed by atoms with Crippen LogP contribution in [0.2, 0.25) is 0 Å². The van der Waals surface area contributed by atoms with Crippen LogP contribution in [-0.2, 0) is 9.53 Å². The largest absolute Gasteiger partial charge is 0.464 e. The Morgan fingerprint density at radius 1 is 1.00 bits per heavy atom. The van der Waals surface area contributed by atoms with Gasteiger partial charge < -0.3 is 9.84 Å². The summed E-state index contributed by atoms with van der Waals surface area (Å²) in [5.41, 5.74) is 0. The van der Waals surface area contributed by atoms with Crippen molar-refractivity contribution in [2.45, 2.75) is 77.7 Å². The molecule has 0 saturated carbocycles. The van der Waals surface area contributed by atoms with Crippen LogP contribution in [0.4, 0.5) is 0 Å². The number of hydrogen-bond acceptors (Lipinski definition) is 3. The second-order valence-electron chi connectivity index (χ2n) is 4.59. The van der Waals surface area contributed by atoms with Crippen molar-refractivity contribution < 1.29 is 14.6 Å². The Morgan fingerprint density at radius 3 is 2.24 bits per heavy atom. The van der Waals surface area contributed by atoms with Crippen molar-refractivity contribution in [1.29, 1.82) is 0 Å². The fourth-order valence-electron chi connectivity index (χ4n) is 1.68. The number of aliphatic hydroxyl groups excluding tert-OH is 1. The van der Waals surface area contributed by atoms with Gasteiger partial charge in [0.1, 0.15) is 0 Å². The average molecular weight is 244 g/mol. The van der Waals surface area contributed by atoms with Crippen LogP contribution in [-0.4, -0.2) is 23.8 Å². The molecule has 0 aromatic heterocycles. The van der Waals surface area contributed by atoms with Gasteiger partial charge in [0.25, 0.3) is 0 Å². The van der Waals surface area contributed by atoms with Crippen LogP contribution >= 0.6 is 0 Å². The summed E-state index contributed by atoms with van der Waals surface area (Å²) in [7, 11) is 0. The van der Waals surface area contributed by atoms with Gasteiger partial charge in [-0.3, -0.25) is 0 Å². The van der Waals surface area contributed by atoms with Gasteiger partial charge in [-0.1, -0.05) is 58.8 Å². The lowest BCUT2D eigenvalue weighted by molar-refractivity contribution is -0.154. The maximum atomic E-state index is 11.4. The predicted octanol–water partition coefficient (Wildman–Crippen LogP) is 3.44. The first-order valence-corrected chi connectivity index (χ1v) is 7.07. The number of carbonyl (C=O) groups is 1. The van der Waals surface area contributed by atoms with E-state index in [2.05, 4.69) is 13.8 Å². The van der Waals surface area contributed by atoms with Crippen LogP contribution in [0.15, 0.2) is 0 Å². The van der Waals surface area contributed by atoms with Gasteiger partial charge in [0.2, 0.25) is 0 Å². The Hall–Kier alpha value is -0.570. The minimum atomic E-state index is -0.919. The first-order chi connectivity index (χ1) is 8.22. The van der Waals surface area contributed by atoms with Crippen molar-refractivity contribution in [3.63, 3.8) is 0 Å². The third kappa shape index (κ3) is 10.3. The van der Waals surface area contributed by atoms with Crippen molar-refractivity contribution in [2.24, 2.45) is 0 Å². The van der Waals surface area contributed by atoms with Crippen molar-refractivity contribution in [2.75, 3.05) is 6.61 Å². The molecule has 0 saturated heterocycles. The van der Waals surface area contributed by atoms with Gasteiger partial charge in [-0.05, 0) is 12.8 Å². The van der Waals surface area contributed by atoms with Crippen LogP contribution < -0.4 is 0 Å².